The van der Waals surface area contributed by atoms with Crippen LogP contribution in [0.2, 0.25) is 0 Å². The number of fused-ring (bicyclic) bond motifs is 1. The van der Waals surface area contributed by atoms with Crippen molar-refractivity contribution in [3.8, 4) is 17.0 Å². The molecule has 192 valence electrons. The lowest BCUT2D eigenvalue weighted by atomic mass is 10.1. The highest BCUT2D eigenvalue weighted by Crippen LogP contribution is 2.23. The minimum absolute atomic E-state index is 0.0254. The molecule has 36 heavy (non-hydrogen) atoms. The van der Waals surface area contributed by atoms with E-state index in [0.29, 0.717) is 56.3 Å². The Morgan fingerprint density at radius 1 is 1.22 bits per heavy atom. The molecule has 1 aliphatic rings. The zero-order chi connectivity index (χ0) is 25.7. The fourth-order valence-electron chi connectivity index (χ4n) is 4.16. The molecule has 1 fully saturated rings. The van der Waals surface area contributed by atoms with Gasteiger partial charge in [0.05, 0.1) is 31.9 Å². The van der Waals surface area contributed by atoms with Crippen molar-refractivity contribution in [1.82, 2.24) is 24.4 Å². The molecule has 11 nitrogen and oxygen atoms in total. The Hall–Kier alpha value is -3.57. The molecule has 3 aromatic rings. The number of aromatic nitrogens is 4. The molecule has 11 heteroatoms. The molecule has 0 aromatic carbocycles. The van der Waals surface area contributed by atoms with E-state index in [1.807, 2.05) is 19.1 Å². The third-order valence-electron chi connectivity index (χ3n) is 6.12. The number of likely N-dealkylation sites (N-methyl/N-ethyl adjacent to an activating group) is 1. The number of carbonyl (C=O) groups excluding carboxylic acids is 1. The molecule has 0 bridgehead atoms. The number of rotatable bonds is 10. The van der Waals surface area contributed by atoms with E-state index in [0.717, 1.165) is 17.5 Å². The summed E-state index contributed by atoms with van der Waals surface area (Å²) in [5, 5.41) is 9.75. The summed E-state index contributed by atoms with van der Waals surface area (Å²) < 4.78 is 12.4. The molecule has 4 heterocycles. The Morgan fingerprint density at radius 3 is 2.69 bits per heavy atom. The van der Waals surface area contributed by atoms with Crippen LogP contribution in [0.1, 0.15) is 19.8 Å². The van der Waals surface area contributed by atoms with E-state index >= 15 is 0 Å². The highest BCUT2D eigenvalue weighted by molar-refractivity contribution is 5.82. The third kappa shape index (κ3) is 5.63. The van der Waals surface area contributed by atoms with Gasteiger partial charge in [0, 0.05) is 62.9 Å². The Labute approximate surface area is 209 Å². The molecular formula is C25H32N6O5. The Balaban J connectivity index is 1.68. The van der Waals surface area contributed by atoms with Crippen LogP contribution in [-0.4, -0.2) is 88.5 Å². The van der Waals surface area contributed by atoms with Crippen LogP contribution in [0.4, 0.5) is 5.82 Å². The normalized spacial score (nSPS) is 15.4. The maximum atomic E-state index is 13.6. The van der Waals surface area contributed by atoms with E-state index in [1.165, 1.54) is 0 Å². The molecule has 1 amide bonds. The number of aliphatic hydroxyl groups excluding tert-OH is 1. The van der Waals surface area contributed by atoms with Crippen LogP contribution in [0, 0.1) is 0 Å². The number of likely N-dealkylation sites (tertiary alicyclic amines) is 1. The summed E-state index contributed by atoms with van der Waals surface area (Å²) >= 11 is 0. The number of aliphatic hydroxyl groups is 1. The van der Waals surface area contributed by atoms with Gasteiger partial charge in [0.25, 0.3) is 5.56 Å². The van der Waals surface area contributed by atoms with Crippen molar-refractivity contribution in [2.75, 3.05) is 51.9 Å². The van der Waals surface area contributed by atoms with Crippen molar-refractivity contribution in [2.45, 2.75) is 32.4 Å². The first-order valence-corrected chi connectivity index (χ1v) is 12.1. The van der Waals surface area contributed by atoms with E-state index in [-0.39, 0.29) is 23.8 Å². The van der Waals surface area contributed by atoms with Crippen LogP contribution in [0.5, 0.6) is 5.88 Å². The summed E-state index contributed by atoms with van der Waals surface area (Å²) in [5.74, 6) is 0.478. The monoisotopic (exact) mass is 496 g/mol. The molecular weight excluding hydrogens is 464 g/mol. The number of hydrogen-bond donors (Lipinski definition) is 1. The number of nitrogens with zero attached hydrogens (tertiary/aromatic N) is 6. The quantitative estimate of drug-likeness (QED) is 0.414. The van der Waals surface area contributed by atoms with E-state index < -0.39 is 6.10 Å². The molecule has 1 saturated heterocycles. The lowest BCUT2D eigenvalue weighted by Gasteiger charge is -2.23. The number of carbonyl (C=O) groups is 1. The van der Waals surface area contributed by atoms with Crippen molar-refractivity contribution in [1.29, 1.82) is 0 Å². The second-order valence-corrected chi connectivity index (χ2v) is 8.80. The van der Waals surface area contributed by atoms with Crippen LogP contribution in [0.25, 0.3) is 22.3 Å². The number of pyridine rings is 2. The first kappa shape index (κ1) is 25.5. The van der Waals surface area contributed by atoms with E-state index in [1.54, 1.807) is 47.0 Å². The van der Waals surface area contributed by atoms with Crippen molar-refractivity contribution in [3.05, 3.63) is 40.9 Å². The lowest BCUT2D eigenvalue weighted by molar-refractivity contribution is -0.129. The average Bonchev–Trinajstić information content (AvgIpc) is 3.33. The molecule has 0 unspecified atom stereocenters. The Bertz CT molecular complexity index is 1260. The summed E-state index contributed by atoms with van der Waals surface area (Å²) in [5.41, 5.74) is 2.24. The van der Waals surface area contributed by atoms with Gasteiger partial charge in [-0.3, -0.25) is 14.2 Å². The zero-order valence-electron chi connectivity index (χ0n) is 20.9. The fraction of sp³-hybridized carbons (Fsp3) is 0.480. The van der Waals surface area contributed by atoms with Gasteiger partial charge in [0.15, 0.2) is 11.5 Å². The standard InChI is InChI=1S/C25H32N6O5/c1-4-10-36-11-9-31-20-12-18(17-5-6-21(35-3)26-13-17)14-27-23(20)28-24(25(31)34)29(2)16-22(33)30-8-7-19(32)15-30/h5-6,12-14,19,32H,4,7-11,15-16H2,1-3H3/t19-/m0/s1. The van der Waals surface area contributed by atoms with Crippen LogP contribution < -0.4 is 15.2 Å². The number of β-amino-alcohol motifs (C(OH)–C–C–N with tert-alkyl or cyclic N) is 1. The highest BCUT2D eigenvalue weighted by Gasteiger charge is 2.26. The largest absolute Gasteiger partial charge is 0.481 e. The molecule has 0 aliphatic carbocycles. The molecule has 3 aromatic heterocycles. The summed E-state index contributed by atoms with van der Waals surface area (Å²) in [6.45, 7) is 4.08. The second-order valence-electron chi connectivity index (χ2n) is 8.80. The maximum Gasteiger partial charge on any atom is 0.294 e. The van der Waals surface area contributed by atoms with Gasteiger partial charge in [-0.2, -0.15) is 0 Å². The Kier molecular flexibility index (Phi) is 8.11. The SMILES string of the molecule is CCCOCCn1c(=O)c(N(C)CC(=O)N2CC[C@H](O)C2)nc2ncc(-c3ccc(OC)nc3)cc21. The van der Waals surface area contributed by atoms with Gasteiger partial charge in [0.1, 0.15) is 0 Å². The number of hydrogen-bond acceptors (Lipinski definition) is 9. The lowest BCUT2D eigenvalue weighted by Crippen LogP contribution is -2.41. The van der Waals surface area contributed by atoms with Gasteiger partial charge < -0.3 is 24.4 Å². The molecule has 1 aliphatic heterocycles. The minimum Gasteiger partial charge on any atom is -0.481 e. The molecule has 0 spiro atoms. The van der Waals surface area contributed by atoms with Crippen LogP contribution >= 0.6 is 0 Å². The first-order chi connectivity index (χ1) is 17.4. The molecule has 1 N–H and O–H groups in total. The van der Waals surface area contributed by atoms with Crippen molar-refractivity contribution >= 4 is 22.9 Å². The zero-order valence-corrected chi connectivity index (χ0v) is 20.9. The van der Waals surface area contributed by atoms with Gasteiger partial charge in [-0.05, 0) is 25.0 Å². The van der Waals surface area contributed by atoms with Gasteiger partial charge >= 0.3 is 0 Å². The topological polar surface area (TPSA) is 123 Å². The summed E-state index contributed by atoms with van der Waals surface area (Å²) in [6, 6.07) is 5.50. The van der Waals surface area contributed by atoms with Crippen LogP contribution in [-0.2, 0) is 16.1 Å². The van der Waals surface area contributed by atoms with Gasteiger partial charge in [-0.1, -0.05) is 6.92 Å². The molecule has 0 saturated carbocycles. The third-order valence-corrected chi connectivity index (χ3v) is 6.12. The Morgan fingerprint density at radius 2 is 2.03 bits per heavy atom. The van der Waals surface area contributed by atoms with E-state index in [9.17, 15) is 14.7 Å². The highest BCUT2D eigenvalue weighted by atomic mass is 16.5. The van der Waals surface area contributed by atoms with Crippen molar-refractivity contribution < 1.29 is 19.4 Å². The number of ether oxygens (including phenoxy) is 2. The van der Waals surface area contributed by atoms with Gasteiger partial charge in [-0.15, -0.1) is 0 Å². The number of methoxy groups -OCH3 is 1. The first-order valence-electron chi connectivity index (χ1n) is 12.1. The summed E-state index contributed by atoms with van der Waals surface area (Å²) in [4.78, 5) is 42.7. The van der Waals surface area contributed by atoms with Crippen LogP contribution in [0.15, 0.2) is 35.4 Å². The fourth-order valence-corrected chi connectivity index (χ4v) is 4.16. The molecule has 1 atom stereocenters. The predicted octanol–water partition coefficient (Wildman–Crippen LogP) is 1.32. The minimum atomic E-state index is -0.502. The summed E-state index contributed by atoms with van der Waals surface area (Å²) in [6.07, 6.45) is 4.30. The maximum absolute atomic E-state index is 13.6. The second kappa shape index (κ2) is 11.4. The molecule has 4 rings (SSSR count). The summed E-state index contributed by atoms with van der Waals surface area (Å²) in [7, 11) is 3.22. The van der Waals surface area contributed by atoms with Crippen LogP contribution in [0.3, 0.4) is 0 Å². The van der Waals surface area contributed by atoms with Gasteiger partial charge in [-0.25, -0.2) is 15.0 Å². The number of amides is 1. The van der Waals surface area contributed by atoms with Crippen molar-refractivity contribution in [3.63, 3.8) is 0 Å². The van der Waals surface area contributed by atoms with E-state index in [2.05, 4.69) is 15.0 Å². The predicted molar refractivity (Wildman–Crippen MR) is 135 cm³/mol. The van der Waals surface area contributed by atoms with Gasteiger partial charge in [0.2, 0.25) is 11.8 Å². The number of anilines is 1. The molecule has 0 radical (unpaired) electrons. The van der Waals surface area contributed by atoms with Crippen molar-refractivity contribution in [2.24, 2.45) is 0 Å². The average molecular weight is 497 g/mol. The smallest absolute Gasteiger partial charge is 0.294 e. The van der Waals surface area contributed by atoms with E-state index in [4.69, 9.17) is 9.47 Å².